The van der Waals surface area contributed by atoms with Gasteiger partial charge in [-0.25, -0.2) is 4.79 Å². The summed E-state index contributed by atoms with van der Waals surface area (Å²) in [7, 11) is 1.96. The second kappa shape index (κ2) is 10.8. The van der Waals surface area contributed by atoms with Crippen LogP contribution < -0.4 is 10.1 Å². The molecule has 0 aliphatic heterocycles. The normalized spacial score (nSPS) is 23.6. The molecule has 3 rings (SSSR count). The van der Waals surface area contributed by atoms with Gasteiger partial charge in [-0.1, -0.05) is 24.3 Å². The van der Waals surface area contributed by atoms with E-state index in [9.17, 15) is 9.90 Å². The van der Waals surface area contributed by atoms with E-state index < -0.39 is 17.8 Å². The molecule has 1 aromatic heterocycles. The van der Waals surface area contributed by atoms with Crippen molar-refractivity contribution in [2.75, 3.05) is 13.6 Å². The van der Waals surface area contributed by atoms with E-state index in [4.69, 9.17) is 9.47 Å². The first-order valence-electron chi connectivity index (χ1n) is 11.2. The summed E-state index contributed by atoms with van der Waals surface area (Å²) in [4.78, 5) is 19.0. The maximum Gasteiger partial charge on any atom is 0.407 e. The molecule has 7 heteroatoms. The minimum atomic E-state index is -0.780. The summed E-state index contributed by atoms with van der Waals surface area (Å²) in [6.45, 7) is 6.19. The number of aliphatic hydroxyl groups is 1. The van der Waals surface area contributed by atoms with Crippen molar-refractivity contribution in [3.05, 3.63) is 60.4 Å². The van der Waals surface area contributed by atoms with Crippen LogP contribution in [0.15, 0.2) is 54.7 Å². The summed E-state index contributed by atoms with van der Waals surface area (Å²) in [6.07, 6.45) is 2.20. The van der Waals surface area contributed by atoms with E-state index in [0.717, 1.165) is 17.9 Å². The molecule has 174 valence electrons. The fourth-order valence-electron chi connectivity index (χ4n) is 4.12. The number of amides is 1. The third-order valence-electron chi connectivity index (χ3n) is 5.59. The Balaban J connectivity index is 1.72. The van der Waals surface area contributed by atoms with Crippen molar-refractivity contribution >= 4 is 6.09 Å². The highest BCUT2D eigenvalue weighted by atomic mass is 16.6. The lowest BCUT2D eigenvalue weighted by Crippen LogP contribution is -2.63. The number of alkyl carbamates (subject to hydrolysis) is 1. The second-order valence-electron chi connectivity index (χ2n) is 9.33. The van der Waals surface area contributed by atoms with Gasteiger partial charge < -0.3 is 19.9 Å². The summed E-state index contributed by atoms with van der Waals surface area (Å²) in [5.74, 6) is 0.727. The van der Waals surface area contributed by atoms with E-state index >= 15 is 0 Å². The third kappa shape index (κ3) is 6.93. The Morgan fingerprint density at radius 1 is 1.16 bits per heavy atom. The molecule has 2 aromatic rings. The Bertz CT molecular complexity index is 841. The van der Waals surface area contributed by atoms with Gasteiger partial charge in [-0.2, -0.15) is 0 Å². The maximum atomic E-state index is 12.5. The second-order valence-corrected chi connectivity index (χ2v) is 9.33. The molecule has 0 radical (unpaired) electrons. The minimum absolute atomic E-state index is 0.260. The molecule has 0 spiro atoms. The Morgan fingerprint density at radius 3 is 2.53 bits per heavy atom. The van der Waals surface area contributed by atoms with E-state index in [-0.39, 0.29) is 18.2 Å². The van der Waals surface area contributed by atoms with Crippen LogP contribution in [0.4, 0.5) is 4.79 Å². The number of nitrogens with zero attached hydrogens (tertiary/aromatic N) is 2. The lowest BCUT2D eigenvalue weighted by Gasteiger charge is -2.44. The molecule has 1 aliphatic carbocycles. The summed E-state index contributed by atoms with van der Waals surface area (Å²) in [6, 6.07) is 14.8. The summed E-state index contributed by atoms with van der Waals surface area (Å²) >= 11 is 0. The smallest absolute Gasteiger partial charge is 0.407 e. The van der Waals surface area contributed by atoms with Crippen molar-refractivity contribution in [3.8, 4) is 5.75 Å². The van der Waals surface area contributed by atoms with Crippen LogP contribution >= 0.6 is 0 Å². The number of carbonyl (C=O) groups excluding carboxylic acids is 1. The predicted octanol–water partition coefficient (Wildman–Crippen LogP) is 3.42. The number of aromatic nitrogens is 1. The molecule has 1 aromatic carbocycles. The number of rotatable bonds is 7. The molecule has 2 N–H and O–H groups in total. The molecule has 32 heavy (non-hydrogen) atoms. The van der Waals surface area contributed by atoms with Crippen LogP contribution in [0, 0.1) is 0 Å². The first-order valence-corrected chi connectivity index (χ1v) is 11.2. The number of hydrogen-bond acceptors (Lipinski definition) is 6. The molecule has 7 nitrogen and oxygen atoms in total. The molecule has 1 heterocycles. The Labute approximate surface area is 190 Å². The first-order chi connectivity index (χ1) is 15.2. The van der Waals surface area contributed by atoms with Crippen LogP contribution in [-0.4, -0.2) is 64.6 Å². The molecule has 0 unspecified atom stereocenters. The molecule has 1 aliphatic rings. The van der Waals surface area contributed by atoms with E-state index in [1.54, 1.807) is 6.20 Å². The average molecular weight is 442 g/mol. The van der Waals surface area contributed by atoms with Crippen molar-refractivity contribution in [3.63, 3.8) is 0 Å². The van der Waals surface area contributed by atoms with Crippen LogP contribution in [0.3, 0.4) is 0 Å². The Morgan fingerprint density at radius 2 is 1.88 bits per heavy atom. The number of aliphatic hydroxyl groups excluding tert-OH is 1. The average Bonchev–Trinajstić information content (AvgIpc) is 2.74. The van der Waals surface area contributed by atoms with Crippen LogP contribution in [-0.2, 0) is 11.2 Å². The van der Waals surface area contributed by atoms with Gasteiger partial charge in [0, 0.05) is 24.9 Å². The maximum absolute atomic E-state index is 12.5. The van der Waals surface area contributed by atoms with Gasteiger partial charge in [-0.15, -0.1) is 0 Å². The number of carbonyl (C=O) groups is 1. The number of pyridine rings is 1. The van der Waals surface area contributed by atoms with Crippen LogP contribution in [0.1, 0.15) is 39.3 Å². The Kier molecular flexibility index (Phi) is 8.10. The molecule has 1 fully saturated rings. The number of ether oxygens (including phenoxy) is 2. The zero-order valence-electron chi connectivity index (χ0n) is 19.4. The standard InChI is InChI=1S/C25H35N3O4/c1-25(2,3)32-24(30)27-20-13-14-21(31-19-11-6-5-7-12-19)23(29)22(20)28(4)17-15-18-10-8-9-16-26-18/h5-12,16,20-23,29H,13-15,17H2,1-4H3,(H,27,30)/t20-,21-,22+,23+/m1/s1. The molecule has 0 saturated heterocycles. The van der Waals surface area contributed by atoms with Crippen LogP contribution in [0.5, 0.6) is 5.75 Å². The molecule has 4 atom stereocenters. The van der Waals surface area contributed by atoms with Gasteiger partial charge in [0.1, 0.15) is 23.6 Å². The van der Waals surface area contributed by atoms with Crippen molar-refractivity contribution in [2.45, 2.75) is 69.9 Å². The predicted molar refractivity (Wildman–Crippen MR) is 124 cm³/mol. The zero-order chi connectivity index (χ0) is 23.1. The molecule has 0 bridgehead atoms. The number of hydrogen-bond donors (Lipinski definition) is 2. The summed E-state index contributed by atoms with van der Waals surface area (Å²) in [5, 5.41) is 14.3. The molecule has 1 saturated carbocycles. The first kappa shape index (κ1) is 24.0. The van der Waals surface area contributed by atoms with E-state index in [2.05, 4.69) is 15.2 Å². The SMILES string of the molecule is CN(CCc1ccccn1)[C@@H]1[C@@H](O)[C@H](Oc2ccccc2)CC[C@H]1NC(=O)OC(C)(C)C. The van der Waals surface area contributed by atoms with Crippen LogP contribution in [0.25, 0.3) is 0 Å². The highest BCUT2D eigenvalue weighted by Crippen LogP contribution is 2.28. The third-order valence-corrected chi connectivity index (χ3v) is 5.59. The molecule has 1 amide bonds. The van der Waals surface area contributed by atoms with Crippen LogP contribution in [0.2, 0.25) is 0 Å². The van der Waals surface area contributed by atoms with Gasteiger partial charge in [0.15, 0.2) is 0 Å². The quantitative estimate of drug-likeness (QED) is 0.685. The minimum Gasteiger partial charge on any atom is -0.488 e. The topological polar surface area (TPSA) is 83.9 Å². The van der Waals surface area contributed by atoms with Crippen molar-refractivity contribution < 1.29 is 19.4 Å². The summed E-state index contributed by atoms with van der Waals surface area (Å²) < 4.78 is 11.6. The van der Waals surface area contributed by atoms with Gasteiger partial charge in [0.05, 0.1) is 12.1 Å². The van der Waals surface area contributed by atoms with Crippen molar-refractivity contribution in [1.29, 1.82) is 0 Å². The highest BCUT2D eigenvalue weighted by molar-refractivity contribution is 5.68. The lowest BCUT2D eigenvalue weighted by atomic mass is 9.84. The van der Waals surface area contributed by atoms with Gasteiger partial charge in [0.2, 0.25) is 0 Å². The van der Waals surface area contributed by atoms with Gasteiger partial charge in [0.25, 0.3) is 0 Å². The van der Waals surface area contributed by atoms with Gasteiger partial charge in [-0.05, 0) is 64.9 Å². The van der Waals surface area contributed by atoms with Gasteiger partial charge in [-0.3, -0.25) is 9.88 Å². The van der Waals surface area contributed by atoms with Crippen molar-refractivity contribution in [1.82, 2.24) is 15.2 Å². The van der Waals surface area contributed by atoms with Gasteiger partial charge >= 0.3 is 6.09 Å². The fraction of sp³-hybridized carbons (Fsp3) is 0.520. The number of likely N-dealkylation sites (N-methyl/N-ethyl adjacent to an activating group) is 1. The van der Waals surface area contributed by atoms with E-state index in [1.165, 1.54) is 0 Å². The Hall–Kier alpha value is -2.64. The molecular formula is C25H35N3O4. The number of benzene rings is 1. The van der Waals surface area contributed by atoms with E-state index in [0.29, 0.717) is 19.4 Å². The fourth-order valence-corrected chi connectivity index (χ4v) is 4.12. The monoisotopic (exact) mass is 441 g/mol. The number of para-hydroxylation sites is 1. The largest absolute Gasteiger partial charge is 0.488 e. The lowest BCUT2D eigenvalue weighted by molar-refractivity contribution is -0.0610. The molecular weight excluding hydrogens is 406 g/mol. The zero-order valence-corrected chi connectivity index (χ0v) is 19.4. The number of nitrogens with one attached hydrogen (secondary N) is 1. The summed E-state index contributed by atoms with van der Waals surface area (Å²) in [5.41, 5.74) is 0.398. The highest BCUT2D eigenvalue weighted by Gasteiger charge is 2.43. The van der Waals surface area contributed by atoms with E-state index in [1.807, 2.05) is 76.3 Å². The van der Waals surface area contributed by atoms with Crippen molar-refractivity contribution in [2.24, 2.45) is 0 Å².